The highest BCUT2D eigenvalue weighted by atomic mass is 35.5. The maximum atomic E-state index is 14.3. The lowest BCUT2D eigenvalue weighted by Crippen LogP contribution is -2.53. The fraction of sp³-hybridized carbons (Fsp3) is 0.212. The van der Waals surface area contributed by atoms with Gasteiger partial charge in [0, 0.05) is 31.1 Å². The van der Waals surface area contributed by atoms with Gasteiger partial charge in [-0.15, -0.1) is 0 Å². The zero-order valence-corrected chi connectivity index (χ0v) is 26.2. The van der Waals surface area contributed by atoms with Crippen molar-refractivity contribution in [3.63, 3.8) is 0 Å². The number of sulfonamides is 1. The number of amides is 2. The first kappa shape index (κ1) is 32.4. The number of carbonyl (C=O) groups is 2. The van der Waals surface area contributed by atoms with Gasteiger partial charge in [0.25, 0.3) is 10.0 Å². The Morgan fingerprint density at radius 3 is 2.07 bits per heavy atom. The fourth-order valence-corrected chi connectivity index (χ4v) is 6.42. The number of anilines is 1. The third kappa shape index (κ3) is 7.69. The van der Waals surface area contributed by atoms with Crippen molar-refractivity contribution in [1.29, 1.82) is 0 Å². The minimum absolute atomic E-state index is 0.0172. The molecule has 44 heavy (non-hydrogen) atoms. The second kappa shape index (κ2) is 14.8. The monoisotopic (exact) mass is 635 g/mol. The molecule has 0 heterocycles. The number of nitrogens with one attached hydrogen (secondary N) is 1. The lowest BCUT2D eigenvalue weighted by Gasteiger charge is -2.33. The van der Waals surface area contributed by atoms with Gasteiger partial charge in [-0.05, 0) is 47.5 Å². The first-order chi connectivity index (χ1) is 21.2. The first-order valence-corrected chi connectivity index (χ1v) is 15.6. The van der Waals surface area contributed by atoms with Crippen molar-refractivity contribution in [3.05, 3.63) is 119 Å². The Morgan fingerprint density at radius 1 is 0.818 bits per heavy atom. The number of likely N-dealkylation sites (N-methyl/N-ethyl adjacent to an activating group) is 1. The van der Waals surface area contributed by atoms with Crippen molar-refractivity contribution in [2.45, 2.75) is 23.9 Å². The van der Waals surface area contributed by atoms with Crippen molar-refractivity contribution in [2.75, 3.05) is 32.1 Å². The van der Waals surface area contributed by atoms with Gasteiger partial charge in [-0.2, -0.15) is 0 Å². The summed E-state index contributed by atoms with van der Waals surface area (Å²) in [5.41, 5.74) is 1.79. The average molecular weight is 636 g/mol. The molecule has 0 saturated heterocycles. The standard InChI is InChI=1S/C33H34ClN3O6S/c1-35-33(39)29(20-24-11-6-4-7-12-24)36(22-25-13-10-14-26(34)19-25)32(38)23-37(27-15-8-5-9-16-27)44(40,41)28-17-18-30(42-2)31(21-28)43-3/h4-19,21,29H,20,22-23H2,1-3H3,(H,35,39). The van der Waals surface area contributed by atoms with E-state index in [-0.39, 0.29) is 29.3 Å². The van der Waals surface area contributed by atoms with Crippen molar-refractivity contribution in [2.24, 2.45) is 0 Å². The van der Waals surface area contributed by atoms with Crippen LogP contribution in [0.3, 0.4) is 0 Å². The number of halogens is 1. The normalized spacial score (nSPS) is 11.7. The third-order valence-electron chi connectivity index (χ3n) is 7.03. The summed E-state index contributed by atoms with van der Waals surface area (Å²) in [7, 11) is 0.0595. The summed E-state index contributed by atoms with van der Waals surface area (Å²) < 4.78 is 40.0. The molecule has 0 aliphatic carbocycles. The van der Waals surface area contributed by atoms with Gasteiger partial charge in [-0.3, -0.25) is 13.9 Å². The van der Waals surface area contributed by atoms with Gasteiger partial charge in [0.2, 0.25) is 11.8 Å². The number of para-hydroxylation sites is 1. The minimum Gasteiger partial charge on any atom is -0.493 e. The quantitative estimate of drug-likeness (QED) is 0.223. The van der Waals surface area contributed by atoms with E-state index in [1.807, 2.05) is 30.3 Å². The molecule has 1 unspecified atom stereocenters. The van der Waals surface area contributed by atoms with Crippen LogP contribution in [0, 0.1) is 0 Å². The molecular formula is C33H34ClN3O6S. The predicted octanol–water partition coefficient (Wildman–Crippen LogP) is 4.94. The molecule has 4 rings (SSSR count). The van der Waals surface area contributed by atoms with Crippen molar-refractivity contribution >= 4 is 39.1 Å². The molecule has 0 aliphatic heterocycles. The van der Waals surface area contributed by atoms with E-state index in [9.17, 15) is 18.0 Å². The Labute approximate surface area is 263 Å². The Hall–Kier alpha value is -4.54. The Bertz CT molecular complexity index is 1690. The molecule has 9 nitrogen and oxygen atoms in total. The van der Waals surface area contributed by atoms with Crippen molar-refractivity contribution < 1.29 is 27.5 Å². The molecule has 0 bridgehead atoms. The van der Waals surface area contributed by atoms with E-state index in [1.165, 1.54) is 44.4 Å². The number of methoxy groups -OCH3 is 2. The molecular weight excluding hydrogens is 602 g/mol. The van der Waals surface area contributed by atoms with Crippen LogP contribution in [0.4, 0.5) is 5.69 Å². The summed E-state index contributed by atoms with van der Waals surface area (Å²) in [6.07, 6.45) is 0.209. The molecule has 11 heteroatoms. The maximum absolute atomic E-state index is 14.3. The van der Waals surface area contributed by atoms with E-state index < -0.39 is 34.4 Å². The molecule has 4 aromatic carbocycles. The Balaban J connectivity index is 1.79. The summed E-state index contributed by atoms with van der Waals surface area (Å²) in [6.45, 7) is -0.563. The third-order valence-corrected chi connectivity index (χ3v) is 9.03. The van der Waals surface area contributed by atoms with E-state index in [1.54, 1.807) is 54.6 Å². The number of ether oxygens (including phenoxy) is 2. The number of nitrogens with zero attached hydrogens (tertiary/aromatic N) is 2. The van der Waals surface area contributed by atoms with E-state index in [4.69, 9.17) is 21.1 Å². The van der Waals surface area contributed by atoms with Crippen LogP contribution in [0.5, 0.6) is 11.5 Å². The predicted molar refractivity (Wildman–Crippen MR) is 171 cm³/mol. The summed E-state index contributed by atoms with van der Waals surface area (Å²) in [5.74, 6) is -0.394. The molecule has 4 aromatic rings. The van der Waals surface area contributed by atoms with Crippen LogP contribution in [0.25, 0.3) is 0 Å². The van der Waals surface area contributed by atoms with Crippen LogP contribution < -0.4 is 19.1 Å². The highest BCUT2D eigenvalue weighted by Crippen LogP contribution is 2.32. The van der Waals surface area contributed by atoms with Crippen LogP contribution in [-0.2, 0) is 32.6 Å². The van der Waals surface area contributed by atoms with E-state index in [0.29, 0.717) is 16.3 Å². The van der Waals surface area contributed by atoms with Gasteiger partial charge in [0.1, 0.15) is 12.6 Å². The lowest BCUT2D eigenvalue weighted by atomic mass is 10.0. The topological polar surface area (TPSA) is 105 Å². The van der Waals surface area contributed by atoms with Gasteiger partial charge in [-0.25, -0.2) is 8.42 Å². The molecule has 1 atom stereocenters. The molecule has 230 valence electrons. The number of hydrogen-bond donors (Lipinski definition) is 1. The zero-order valence-electron chi connectivity index (χ0n) is 24.6. The molecule has 0 spiro atoms. The van der Waals surface area contributed by atoms with Crippen molar-refractivity contribution in [3.8, 4) is 11.5 Å². The number of benzene rings is 4. The molecule has 0 saturated carbocycles. The summed E-state index contributed by atoms with van der Waals surface area (Å²) in [5, 5.41) is 3.13. The second-order valence-electron chi connectivity index (χ2n) is 9.84. The van der Waals surface area contributed by atoms with E-state index in [2.05, 4.69) is 5.32 Å². The van der Waals surface area contributed by atoms with Gasteiger partial charge < -0.3 is 19.7 Å². The molecule has 0 aliphatic rings. The maximum Gasteiger partial charge on any atom is 0.264 e. The summed E-state index contributed by atoms with van der Waals surface area (Å²) >= 11 is 6.26. The van der Waals surface area contributed by atoms with Gasteiger partial charge in [0.15, 0.2) is 11.5 Å². The summed E-state index contributed by atoms with van der Waals surface area (Å²) in [4.78, 5) is 29.0. The number of rotatable bonds is 13. The van der Waals surface area contributed by atoms with Gasteiger partial charge >= 0.3 is 0 Å². The average Bonchev–Trinajstić information content (AvgIpc) is 3.05. The molecule has 0 aromatic heterocycles. The zero-order chi connectivity index (χ0) is 31.7. The largest absolute Gasteiger partial charge is 0.493 e. The Kier molecular flexibility index (Phi) is 10.9. The van der Waals surface area contributed by atoms with Crippen LogP contribution in [0.15, 0.2) is 108 Å². The molecule has 0 fully saturated rings. The number of hydrogen-bond acceptors (Lipinski definition) is 6. The molecule has 0 radical (unpaired) electrons. The second-order valence-corrected chi connectivity index (χ2v) is 12.1. The first-order valence-electron chi connectivity index (χ1n) is 13.8. The van der Waals surface area contributed by atoms with Crippen LogP contribution in [0.1, 0.15) is 11.1 Å². The van der Waals surface area contributed by atoms with E-state index >= 15 is 0 Å². The van der Waals surface area contributed by atoms with E-state index in [0.717, 1.165) is 9.87 Å². The molecule has 1 N–H and O–H groups in total. The van der Waals surface area contributed by atoms with Crippen LogP contribution >= 0.6 is 11.6 Å². The SMILES string of the molecule is CNC(=O)C(Cc1ccccc1)N(Cc1cccc(Cl)c1)C(=O)CN(c1ccccc1)S(=O)(=O)c1ccc(OC)c(OC)c1. The summed E-state index contributed by atoms with van der Waals surface area (Å²) in [6, 6.07) is 27.9. The highest BCUT2D eigenvalue weighted by Gasteiger charge is 2.34. The van der Waals surface area contributed by atoms with Crippen LogP contribution in [0.2, 0.25) is 5.02 Å². The lowest BCUT2D eigenvalue weighted by molar-refractivity contribution is -0.139. The minimum atomic E-state index is -4.30. The van der Waals surface area contributed by atoms with Gasteiger partial charge in [0.05, 0.1) is 24.8 Å². The fourth-order valence-electron chi connectivity index (χ4n) is 4.78. The molecule has 2 amide bonds. The smallest absolute Gasteiger partial charge is 0.264 e. The van der Waals surface area contributed by atoms with Crippen LogP contribution in [-0.4, -0.2) is 59.0 Å². The van der Waals surface area contributed by atoms with Gasteiger partial charge in [-0.1, -0.05) is 72.3 Å². The van der Waals surface area contributed by atoms with Crippen molar-refractivity contribution in [1.82, 2.24) is 10.2 Å². The number of carbonyl (C=O) groups excluding carboxylic acids is 2. The Morgan fingerprint density at radius 2 is 1.45 bits per heavy atom. The highest BCUT2D eigenvalue weighted by molar-refractivity contribution is 7.92.